The van der Waals surface area contributed by atoms with Crippen molar-refractivity contribution in [3.63, 3.8) is 0 Å². The maximum Gasteiger partial charge on any atom is 0.510 e. The Morgan fingerprint density at radius 1 is 1.67 bits per heavy atom. The Bertz CT molecular complexity index is 316. The second kappa shape index (κ2) is 6.23. The molecule has 1 N–H and O–H groups in total. The highest BCUT2D eigenvalue weighted by atomic mass is 16.7. The number of hydrogen-bond donors (Lipinski definition) is 1. The second-order valence-corrected chi connectivity index (χ2v) is 5.38. The summed E-state index contributed by atoms with van der Waals surface area (Å²) in [6.45, 7) is 10.0. The minimum absolute atomic E-state index is 0.337. The van der Waals surface area contributed by atoms with Gasteiger partial charge in [-0.3, -0.25) is 5.32 Å². The van der Waals surface area contributed by atoms with Crippen LogP contribution in [0.2, 0.25) is 0 Å². The third-order valence-electron chi connectivity index (χ3n) is 3.55. The molecule has 0 aliphatic heterocycles. The van der Waals surface area contributed by atoms with E-state index in [0.29, 0.717) is 5.92 Å². The summed E-state index contributed by atoms with van der Waals surface area (Å²) in [5.41, 5.74) is 0.726. The van der Waals surface area contributed by atoms with E-state index in [1.54, 1.807) is 14.0 Å². The van der Waals surface area contributed by atoms with E-state index >= 15 is 0 Å². The molecule has 18 heavy (non-hydrogen) atoms. The van der Waals surface area contributed by atoms with Crippen molar-refractivity contribution in [2.24, 2.45) is 5.92 Å². The van der Waals surface area contributed by atoms with Crippen LogP contribution in [0.1, 0.15) is 46.5 Å². The van der Waals surface area contributed by atoms with Crippen LogP contribution in [0, 0.1) is 5.92 Å². The summed E-state index contributed by atoms with van der Waals surface area (Å²) in [7, 11) is 1.73. The summed E-state index contributed by atoms with van der Waals surface area (Å²) < 4.78 is 10.7. The lowest BCUT2D eigenvalue weighted by Gasteiger charge is -2.39. The van der Waals surface area contributed by atoms with Gasteiger partial charge in [-0.05, 0) is 39.2 Å². The fraction of sp³-hybridized carbons (Fsp3) is 0.786. The first-order chi connectivity index (χ1) is 8.40. The molecule has 0 radical (unpaired) electrons. The Kier molecular flexibility index (Phi) is 5.20. The number of ether oxygens (including phenoxy) is 2. The van der Waals surface area contributed by atoms with Gasteiger partial charge in [-0.2, -0.15) is 0 Å². The zero-order valence-electron chi connectivity index (χ0n) is 11.9. The summed E-state index contributed by atoms with van der Waals surface area (Å²) in [5, 5.41) is 2.84. The fourth-order valence-electron chi connectivity index (χ4n) is 2.62. The molecule has 1 aliphatic rings. The Morgan fingerprint density at radius 2 is 2.33 bits per heavy atom. The van der Waals surface area contributed by atoms with Gasteiger partial charge in [0.1, 0.15) is 5.60 Å². The molecule has 0 aromatic rings. The Hall–Kier alpha value is -1.03. The minimum atomic E-state index is -0.597. The van der Waals surface area contributed by atoms with Crippen LogP contribution >= 0.6 is 0 Å². The van der Waals surface area contributed by atoms with Gasteiger partial charge in [0, 0.05) is 6.42 Å². The van der Waals surface area contributed by atoms with Crippen molar-refractivity contribution in [3.8, 4) is 0 Å². The number of hydrogen-bond acceptors (Lipinski definition) is 4. The molecular formula is C14H25NO3. The highest BCUT2D eigenvalue weighted by Gasteiger charge is 2.39. The van der Waals surface area contributed by atoms with E-state index in [9.17, 15) is 4.79 Å². The Morgan fingerprint density at radius 3 is 2.83 bits per heavy atom. The highest BCUT2D eigenvalue weighted by molar-refractivity contribution is 5.61. The van der Waals surface area contributed by atoms with Crippen molar-refractivity contribution in [2.45, 2.75) is 58.3 Å². The van der Waals surface area contributed by atoms with E-state index in [2.05, 4.69) is 18.8 Å². The monoisotopic (exact) mass is 255 g/mol. The first-order valence-corrected chi connectivity index (χ1v) is 6.64. The summed E-state index contributed by atoms with van der Waals surface area (Å²) in [6, 6.07) is 0. The van der Waals surface area contributed by atoms with Crippen LogP contribution in [0.3, 0.4) is 0 Å². The molecule has 1 saturated carbocycles. The molecule has 3 unspecified atom stereocenters. The van der Waals surface area contributed by atoms with E-state index in [4.69, 9.17) is 9.47 Å². The Labute approximate surface area is 110 Å². The van der Waals surface area contributed by atoms with Crippen molar-refractivity contribution >= 4 is 6.16 Å². The molecule has 0 amide bonds. The van der Waals surface area contributed by atoms with Crippen LogP contribution in [0.4, 0.5) is 4.79 Å². The second-order valence-electron chi connectivity index (χ2n) is 5.38. The first-order valence-electron chi connectivity index (χ1n) is 6.64. The maximum atomic E-state index is 11.7. The molecule has 0 saturated heterocycles. The molecule has 3 atom stereocenters. The van der Waals surface area contributed by atoms with Crippen LogP contribution < -0.4 is 5.32 Å². The summed E-state index contributed by atoms with van der Waals surface area (Å²) >= 11 is 0. The molecule has 4 heteroatoms. The van der Waals surface area contributed by atoms with Gasteiger partial charge in [-0.1, -0.05) is 26.0 Å². The lowest BCUT2D eigenvalue weighted by molar-refractivity contribution is -0.0688. The van der Waals surface area contributed by atoms with Crippen LogP contribution in [0.25, 0.3) is 0 Å². The van der Waals surface area contributed by atoms with Gasteiger partial charge in [0.05, 0.1) is 0 Å². The van der Waals surface area contributed by atoms with Crippen molar-refractivity contribution in [1.29, 1.82) is 0 Å². The number of nitrogens with one attached hydrogen (secondary N) is 1. The highest BCUT2D eigenvalue weighted by Crippen LogP contribution is 2.40. The van der Waals surface area contributed by atoms with Crippen molar-refractivity contribution in [3.05, 3.63) is 12.2 Å². The lowest BCUT2D eigenvalue weighted by Crippen LogP contribution is -2.41. The summed E-state index contributed by atoms with van der Waals surface area (Å²) in [6.07, 6.45) is 2.51. The van der Waals surface area contributed by atoms with Gasteiger partial charge in [0.25, 0.3) is 0 Å². The van der Waals surface area contributed by atoms with Crippen molar-refractivity contribution in [1.82, 2.24) is 5.32 Å². The van der Waals surface area contributed by atoms with E-state index in [1.807, 2.05) is 6.92 Å². The molecule has 4 nitrogen and oxygen atoms in total. The zero-order chi connectivity index (χ0) is 13.8. The third kappa shape index (κ3) is 4.02. The molecule has 0 bridgehead atoms. The van der Waals surface area contributed by atoms with Gasteiger partial charge in [0.15, 0.2) is 6.23 Å². The topological polar surface area (TPSA) is 47.6 Å². The molecule has 1 aliphatic carbocycles. The molecule has 0 aromatic heterocycles. The molecule has 0 heterocycles. The first kappa shape index (κ1) is 15.0. The summed E-state index contributed by atoms with van der Waals surface area (Å²) in [5.74, 6) is 0.501. The number of carbonyl (C=O) groups is 1. The van der Waals surface area contributed by atoms with Crippen LogP contribution in [-0.4, -0.2) is 25.0 Å². The van der Waals surface area contributed by atoms with Crippen LogP contribution in [0.15, 0.2) is 12.2 Å². The average molecular weight is 255 g/mol. The number of carbonyl (C=O) groups excluding carboxylic acids is 1. The maximum absolute atomic E-state index is 11.7. The average Bonchev–Trinajstić information content (AvgIpc) is 2.27. The normalized spacial score (nSPS) is 29.8. The van der Waals surface area contributed by atoms with Gasteiger partial charge < -0.3 is 9.47 Å². The van der Waals surface area contributed by atoms with Gasteiger partial charge in [-0.15, -0.1) is 0 Å². The standard InChI is InChI=1S/C14H25NO3/c1-6-14(8-10(2)7-11(3)9-14)18-13(16)17-12(4)15-5/h11-12,15H,2,6-9H2,1,3-5H3. The third-order valence-corrected chi connectivity index (χ3v) is 3.55. The quantitative estimate of drug-likeness (QED) is 0.476. The van der Waals surface area contributed by atoms with Gasteiger partial charge >= 0.3 is 6.16 Å². The molecular weight excluding hydrogens is 230 g/mol. The minimum Gasteiger partial charge on any atom is -0.427 e. The zero-order valence-corrected chi connectivity index (χ0v) is 11.9. The number of rotatable bonds is 4. The largest absolute Gasteiger partial charge is 0.510 e. The molecule has 104 valence electrons. The predicted octanol–water partition coefficient (Wildman–Crippen LogP) is 3.23. The molecule has 0 spiro atoms. The molecule has 0 aromatic carbocycles. The van der Waals surface area contributed by atoms with Crippen LogP contribution in [0.5, 0.6) is 0 Å². The van der Waals surface area contributed by atoms with Crippen molar-refractivity contribution < 1.29 is 14.3 Å². The molecule has 1 rings (SSSR count). The van der Waals surface area contributed by atoms with Gasteiger partial charge in [0.2, 0.25) is 0 Å². The fourth-order valence-corrected chi connectivity index (χ4v) is 2.62. The van der Waals surface area contributed by atoms with E-state index < -0.39 is 11.8 Å². The summed E-state index contributed by atoms with van der Waals surface area (Å²) in [4.78, 5) is 11.7. The van der Waals surface area contributed by atoms with Gasteiger partial charge in [-0.25, -0.2) is 4.79 Å². The van der Waals surface area contributed by atoms with E-state index in [0.717, 1.165) is 31.3 Å². The predicted molar refractivity (Wildman–Crippen MR) is 71.3 cm³/mol. The lowest BCUT2D eigenvalue weighted by atomic mass is 9.75. The van der Waals surface area contributed by atoms with Crippen LogP contribution in [-0.2, 0) is 9.47 Å². The van der Waals surface area contributed by atoms with Crippen molar-refractivity contribution in [2.75, 3.05) is 7.05 Å². The SMILES string of the molecule is C=C1CC(C)CC(CC)(OC(=O)OC(C)NC)C1. The smallest absolute Gasteiger partial charge is 0.427 e. The molecule has 1 fully saturated rings. The Balaban J connectivity index is 2.64. The van der Waals surface area contributed by atoms with E-state index in [-0.39, 0.29) is 6.23 Å². The van der Waals surface area contributed by atoms with E-state index in [1.165, 1.54) is 0 Å².